The van der Waals surface area contributed by atoms with E-state index in [0.29, 0.717) is 6.92 Å². The van der Waals surface area contributed by atoms with Gasteiger partial charge in [0.15, 0.2) is 5.29 Å². The zero-order valence-electron chi connectivity index (χ0n) is 5.35. The molecule has 0 saturated carbocycles. The molecule has 0 radical (unpaired) electrons. The summed E-state index contributed by atoms with van der Waals surface area (Å²) >= 11 is 4.50. The van der Waals surface area contributed by atoms with E-state index in [1.54, 1.807) is 0 Å². The van der Waals surface area contributed by atoms with Crippen molar-refractivity contribution >= 4 is 11.6 Å². The normalized spacial score (nSPS) is 17.7. The van der Waals surface area contributed by atoms with Gasteiger partial charge in [-0.25, -0.2) is 4.39 Å². The maximum Gasteiger partial charge on any atom is 0.423 e. The molecule has 0 N–H and O–H groups in total. The van der Waals surface area contributed by atoms with Gasteiger partial charge in [-0.1, -0.05) is 11.6 Å². The molecule has 0 aliphatic heterocycles. The highest BCUT2D eigenvalue weighted by atomic mass is 35.5. The first-order chi connectivity index (χ1) is 4.76. The summed E-state index contributed by atoms with van der Waals surface area (Å²) in [5.74, 6) is 0. The van der Waals surface area contributed by atoms with Gasteiger partial charge in [0.2, 0.25) is 6.17 Å². The van der Waals surface area contributed by atoms with Crippen LogP contribution in [0.25, 0.3) is 0 Å². The van der Waals surface area contributed by atoms with E-state index in [9.17, 15) is 22.0 Å². The predicted octanol–water partition coefficient (Wildman–Crippen LogP) is 3.33. The Labute approximate surface area is 64.6 Å². The van der Waals surface area contributed by atoms with Gasteiger partial charge in [0, 0.05) is 5.57 Å². The monoisotopic (exact) mass is 194 g/mol. The Morgan fingerprint density at radius 3 is 1.82 bits per heavy atom. The zero-order chi connectivity index (χ0) is 9.23. The molecule has 0 rings (SSSR count). The van der Waals surface area contributed by atoms with Crippen LogP contribution in [0.4, 0.5) is 22.0 Å². The van der Waals surface area contributed by atoms with Gasteiger partial charge < -0.3 is 0 Å². The lowest BCUT2D eigenvalue weighted by atomic mass is 10.2. The van der Waals surface area contributed by atoms with E-state index in [2.05, 4.69) is 11.6 Å². The fourth-order valence-electron chi connectivity index (χ4n) is 0.341. The molecule has 0 saturated heterocycles. The van der Waals surface area contributed by atoms with Crippen LogP contribution in [0.3, 0.4) is 0 Å². The van der Waals surface area contributed by atoms with Crippen LogP contribution >= 0.6 is 11.6 Å². The summed E-state index contributed by atoms with van der Waals surface area (Å²) in [6, 6.07) is 0. The second kappa shape index (κ2) is 3.38. The lowest BCUT2D eigenvalue weighted by Crippen LogP contribution is -2.25. The number of hydrogen-bond acceptors (Lipinski definition) is 0. The Morgan fingerprint density at radius 2 is 1.73 bits per heavy atom. The van der Waals surface area contributed by atoms with Gasteiger partial charge in [-0.15, -0.1) is 0 Å². The fourth-order valence-corrected chi connectivity index (χ4v) is 0.437. The molecule has 0 fully saturated rings. The van der Waals surface area contributed by atoms with Gasteiger partial charge in [-0.05, 0) is 6.92 Å². The summed E-state index contributed by atoms with van der Waals surface area (Å²) in [7, 11) is 0. The van der Waals surface area contributed by atoms with Crippen LogP contribution < -0.4 is 0 Å². The van der Waals surface area contributed by atoms with Crippen LogP contribution in [0.1, 0.15) is 6.92 Å². The van der Waals surface area contributed by atoms with Gasteiger partial charge in [-0.3, -0.25) is 0 Å². The van der Waals surface area contributed by atoms with Crippen molar-refractivity contribution in [3.8, 4) is 0 Å². The number of halogens is 6. The van der Waals surface area contributed by atoms with E-state index in [-0.39, 0.29) is 0 Å². The third-order valence-corrected chi connectivity index (χ3v) is 1.26. The van der Waals surface area contributed by atoms with Gasteiger partial charge in [0.25, 0.3) is 0 Å². The van der Waals surface area contributed by atoms with Crippen molar-refractivity contribution in [2.24, 2.45) is 0 Å². The molecular weight excluding hydrogens is 190 g/mol. The number of allylic oxidation sites excluding steroid dienone is 1. The standard InChI is InChI=1S/C5H4ClF5/c1-2(4(6)8)3(7)5(9,10)11/h3H,1H3. The number of rotatable bonds is 1. The number of alkyl halides is 4. The van der Waals surface area contributed by atoms with Crippen molar-refractivity contribution in [1.82, 2.24) is 0 Å². The van der Waals surface area contributed by atoms with Gasteiger partial charge >= 0.3 is 6.18 Å². The molecule has 0 aromatic carbocycles. The Morgan fingerprint density at radius 1 is 1.36 bits per heavy atom. The molecule has 0 heterocycles. The highest BCUT2D eigenvalue weighted by Crippen LogP contribution is 2.30. The van der Waals surface area contributed by atoms with E-state index in [4.69, 9.17) is 0 Å². The summed E-state index contributed by atoms with van der Waals surface area (Å²) < 4.78 is 58.1. The summed E-state index contributed by atoms with van der Waals surface area (Å²) in [5, 5.41) is -1.66. The molecule has 0 nitrogen and oxygen atoms in total. The lowest BCUT2D eigenvalue weighted by molar-refractivity contribution is -0.169. The van der Waals surface area contributed by atoms with E-state index in [1.807, 2.05) is 0 Å². The van der Waals surface area contributed by atoms with E-state index >= 15 is 0 Å². The molecule has 66 valence electrons. The highest BCUT2D eigenvalue weighted by Gasteiger charge is 2.42. The quantitative estimate of drug-likeness (QED) is 0.562. The summed E-state index contributed by atoms with van der Waals surface area (Å²) in [5.41, 5.74) is -1.15. The minimum absolute atomic E-state index is 0.639. The minimum atomic E-state index is -5.09. The average molecular weight is 195 g/mol. The molecule has 0 amide bonds. The van der Waals surface area contributed by atoms with Crippen LogP contribution in [0, 0.1) is 0 Å². The molecule has 0 aliphatic carbocycles. The van der Waals surface area contributed by atoms with Crippen molar-refractivity contribution in [2.75, 3.05) is 0 Å². The Balaban J connectivity index is 4.52. The largest absolute Gasteiger partial charge is 0.423 e. The maximum atomic E-state index is 12.0. The third kappa shape index (κ3) is 3.05. The van der Waals surface area contributed by atoms with Crippen LogP contribution in [-0.2, 0) is 0 Å². The molecule has 11 heavy (non-hydrogen) atoms. The summed E-state index contributed by atoms with van der Waals surface area (Å²) in [6.07, 6.45) is -8.41. The number of hydrogen-bond donors (Lipinski definition) is 0. The van der Waals surface area contributed by atoms with E-state index in [1.165, 1.54) is 0 Å². The molecule has 0 aromatic rings. The van der Waals surface area contributed by atoms with E-state index in [0.717, 1.165) is 0 Å². The first kappa shape index (κ1) is 10.7. The Bertz CT molecular complexity index is 166. The molecule has 6 heteroatoms. The first-order valence-electron chi connectivity index (χ1n) is 2.49. The smallest absolute Gasteiger partial charge is 0.232 e. The van der Waals surface area contributed by atoms with Crippen molar-refractivity contribution < 1.29 is 22.0 Å². The summed E-state index contributed by atoms with van der Waals surface area (Å²) in [4.78, 5) is 0. The van der Waals surface area contributed by atoms with Gasteiger partial charge in [-0.2, -0.15) is 17.6 Å². The van der Waals surface area contributed by atoms with Crippen LogP contribution in [0.15, 0.2) is 10.9 Å². The molecule has 0 spiro atoms. The second-order valence-corrected chi connectivity index (χ2v) is 2.18. The topological polar surface area (TPSA) is 0 Å². The third-order valence-electron chi connectivity index (χ3n) is 0.966. The Kier molecular flexibility index (Phi) is 3.29. The maximum absolute atomic E-state index is 12.0. The summed E-state index contributed by atoms with van der Waals surface area (Å²) in [6.45, 7) is 0.639. The first-order valence-corrected chi connectivity index (χ1v) is 2.87. The van der Waals surface area contributed by atoms with Crippen molar-refractivity contribution in [3.63, 3.8) is 0 Å². The van der Waals surface area contributed by atoms with Gasteiger partial charge in [0.1, 0.15) is 0 Å². The average Bonchev–Trinajstić information content (AvgIpc) is 1.82. The van der Waals surface area contributed by atoms with Crippen molar-refractivity contribution in [2.45, 2.75) is 19.3 Å². The second-order valence-electron chi connectivity index (χ2n) is 1.85. The SMILES string of the molecule is CC(=C(F)Cl)C(F)C(F)(F)F. The molecule has 0 aliphatic rings. The molecule has 1 atom stereocenters. The minimum Gasteiger partial charge on any atom is -0.232 e. The highest BCUT2D eigenvalue weighted by molar-refractivity contribution is 6.28. The van der Waals surface area contributed by atoms with Crippen LogP contribution in [-0.4, -0.2) is 12.3 Å². The van der Waals surface area contributed by atoms with Gasteiger partial charge in [0.05, 0.1) is 0 Å². The molecule has 0 aromatic heterocycles. The lowest BCUT2D eigenvalue weighted by Gasteiger charge is -2.11. The van der Waals surface area contributed by atoms with Crippen LogP contribution in [0.2, 0.25) is 0 Å². The van der Waals surface area contributed by atoms with Crippen molar-refractivity contribution in [1.29, 1.82) is 0 Å². The molecule has 0 bridgehead atoms. The van der Waals surface area contributed by atoms with Crippen molar-refractivity contribution in [3.05, 3.63) is 10.9 Å². The zero-order valence-corrected chi connectivity index (χ0v) is 6.10. The molecular formula is C5H4ClF5. The Hall–Kier alpha value is -0.320. The fraction of sp³-hybridized carbons (Fsp3) is 0.600. The van der Waals surface area contributed by atoms with Crippen LogP contribution in [0.5, 0.6) is 0 Å². The predicted molar refractivity (Wildman–Crippen MR) is 30.6 cm³/mol. The molecule has 1 unspecified atom stereocenters. The van der Waals surface area contributed by atoms with E-state index < -0.39 is 23.2 Å².